The van der Waals surface area contributed by atoms with Gasteiger partial charge in [-0.2, -0.15) is 0 Å². The van der Waals surface area contributed by atoms with E-state index in [2.05, 4.69) is 19.2 Å². The van der Waals surface area contributed by atoms with Crippen LogP contribution >= 0.6 is 0 Å². The van der Waals surface area contributed by atoms with Gasteiger partial charge in [-0.15, -0.1) is 0 Å². The van der Waals surface area contributed by atoms with Crippen molar-refractivity contribution in [1.82, 2.24) is 5.32 Å². The second kappa shape index (κ2) is 7.51. The van der Waals surface area contributed by atoms with Crippen molar-refractivity contribution in [2.75, 3.05) is 6.54 Å². The van der Waals surface area contributed by atoms with Gasteiger partial charge >= 0.3 is 5.97 Å². The van der Waals surface area contributed by atoms with Gasteiger partial charge < -0.3 is 10.4 Å². The first-order valence-corrected chi connectivity index (χ1v) is 7.48. The lowest BCUT2D eigenvalue weighted by Gasteiger charge is -2.23. The molecule has 1 saturated carbocycles. The largest absolute Gasteiger partial charge is 0.481 e. The summed E-state index contributed by atoms with van der Waals surface area (Å²) in [7, 11) is 0. The van der Waals surface area contributed by atoms with Crippen LogP contribution in [0.25, 0.3) is 0 Å². The van der Waals surface area contributed by atoms with Crippen molar-refractivity contribution < 1.29 is 14.7 Å². The Hall–Kier alpha value is -1.06. The first-order valence-electron chi connectivity index (χ1n) is 7.48. The van der Waals surface area contributed by atoms with Gasteiger partial charge in [0.05, 0.1) is 0 Å². The minimum Gasteiger partial charge on any atom is -0.481 e. The van der Waals surface area contributed by atoms with E-state index in [1.165, 1.54) is 0 Å². The van der Waals surface area contributed by atoms with Crippen LogP contribution in [0, 0.1) is 11.3 Å². The minimum atomic E-state index is -0.735. The van der Waals surface area contributed by atoms with Crippen LogP contribution in [-0.2, 0) is 9.59 Å². The Kier molecular flexibility index (Phi) is 6.32. The molecule has 1 rings (SSSR count). The highest BCUT2D eigenvalue weighted by molar-refractivity contribution is 5.82. The Bertz CT molecular complexity index is 309. The fraction of sp³-hybridized carbons (Fsp3) is 0.867. The predicted molar refractivity (Wildman–Crippen MR) is 74.9 cm³/mol. The molecule has 0 aliphatic heterocycles. The first-order chi connectivity index (χ1) is 8.98. The molecule has 0 aromatic rings. The second-order valence-corrected chi connectivity index (χ2v) is 6.02. The molecule has 0 aromatic heterocycles. The molecule has 0 bridgehead atoms. The molecule has 0 spiro atoms. The summed E-state index contributed by atoms with van der Waals surface area (Å²) in [6.07, 6.45) is 7.08. The normalized spacial score (nSPS) is 19.1. The molecule has 19 heavy (non-hydrogen) atoms. The zero-order valence-corrected chi connectivity index (χ0v) is 12.2. The van der Waals surface area contributed by atoms with Gasteiger partial charge in [0, 0.05) is 18.4 Å². The summed E-state index contributed by atoms with van der Waals surface area (Å²) in [5.74, 6) is -0.160. The maximum Gasteiger partial charge on any atom is 0.303 e. The zero-order valence-electron chi connectivity index (χ0n) is 12.2. The smallest absolute Gasteiger partial charge is 0.303 e. The molecule has 4 nitrogen and oxygen atoms in total. The third-order valence-electron chi connectivity index (χ3n) is 4.44. The monoisotopic (exact) mass is 269 g/mol. The van der Waals surface area contributed by atoms with E-state index in [0.717, 1.165) is 38.5 Å². The first kappa shape index (κ1) is 16.0. The van der Waals surface area contributed by atoms with Gasteiger partial charge in [0.25, 0.3) is 0 Å². The number of nitrogens with one attached hydrogen (secondary N) is 1. The van der Waals surface area contributed by atoms with Gasteiger partial charge in [0.1, 0.15) is 0 Å². The molecule has 1 atom stereocenters. The molecule has 4 heteroatoms. The Morgan fingerprint density at radius 3 is 2.42 bits per heavy atom. The number of aliphatic carboxylic acids is 1. The van der Waals surface area contributed by atoms with Gasteiger partial charge in [-0.05, 0) is 31.6 Å². The molecule has 0 heterocycles. The highest BCUT2D eigenvalue weighted by Crippen LogP contribution is 2.37. The molecule has 0 saturated heterocycles. The molecule has 1 unspecified atom stereocenters. The highest BCUT2D eigenvalue weighted by atomic mass is 16.4. The number of hydrogen-bond acceptors (Lipinski definition) is 2. The molecule has 1 aliphatic rings. The van der Waals surface area contributed by atoms with Crippen LogP contribution < -0.4 is 5.32 Å². The third kappa shape index (κ3) is 5.21. The Labute approximate surface area is 116 Å². The fourth-order valence-electron chi connectivity index (χ4n) is 2.87. The van der Waals surface area contributed by atoms with Crippen LogP contribution in [0.3, 0.4) is 0 Å². The van der Waals surface area contributed by atoms with E-state index in [-0.39, 0.29) is 17.7 Å². The Morgan fingerprint density at radius 2 is 1.89 bits per heavy atom. The lowest BCUT2D eigenvalue weighted by molar-refractivity contribution is -0.137. The van der Waals surface area contributed by atoms with Gasteiger partial charge in [-0.3, -0.25) is 9.59 Å². The number of carbonyl (C=O) groups excluding carboxylic acids is 1. The van der Waals surface area contributed by atoms with Crippen LogP contribution in [0.2, 0.25) is 0 Å². The fourth-order valence-corrected chi connectivity index (χ4v) is 2.87. The van der Waals surface area contributed by atoms with Gasteiger partial charge in [-0.1, -0.05) is 33.1 Å². The second-order valence-electron chi connectivity index (χ2n) is 6.02. The summed E-state index contributed by atoms with van der Waals surface area (Å²) >= 11 is 0. The predicted octanol–water partition coefficient (Wildman–Crippen LogP) is 2.96. The maximum absolute atomic E-state index is 12.1. The molecule has 0 aromatic carbocycles. The summed E-state index contributed by atoms with van der Waals surface area (Å²) in [4.78, 5) is 22.6. The van der Waals surface area contributed by atoms with E-state index in [0.29, 0.717) is 18.9 Å². The van der Waals surface area contributed by atoms with Crippen LogP contribution in [-0.4, -0.2) is 23.5 Å². The lowest BCUT2D eigenvalue weighted by Crippen LogP contribution is -2.38. The number of carboxylic acids is 1. The molecular weight excluding hydrogens is 242 g/mol. The van der Waals surface area contributed by atoms with Gasteiger partial charge in [-0.25, -0.2) is 0 Å². The summed E-state index contributed by atoms with van der Waals surface area (Å²) < 4.78 is 0. The summed E-state index contributed by atoms with van der Waals surface area (Å²) in [6.45, 7) is 4.80. The maximum atomic E-state index is 12.1. The molecule has 110 valence electrons. The summed E-state index contributed by atoms with van der Waals surface area (Å²) in [5.41, 5.74) is -0.164. The van der Waals surface area contributed by atoms with Crippen molar-refractivity contribution in [1.29, 1.82) is 0 Å². The molecule has 1 aliphatic carbocycles. The van der Waals surface area contributed by atoms with Crippen LogP contribution in [0.4, 0.5) is 0 Å². The van der Waals surface area contributed by atoms with Crippen LogP contribution in [0.5, 0.6) is 0 Å². The van der Waals surface area contributed by atoms with Crippen molar-refractivity contribution in [2.45, 2.75) is 65.2 Å². The van der Waals surface area contributed by atoms with E-state index >= 15 is 0 Å². The SMILES string of the molecule is CCC(CCNC(=O)C1(C)CCCC1)CCC(=O)O. The van der Waals surface area contributed by atoms with Gasteiger partial charge in [0.15, 0.2) is 0 Å². The molecule has 1 fully saturated rings. The number of hydrogen-bond donors (Lipinski definition) is 2. The zero-order chi connectivity index (χ0) is 14.3. The van der Waals surface area contributed by atoms with E-state index in [1.54, 1.807) is 0 Å². The quantitative estimate of drug-likeness (QED) is 0.712. The third-order valence-corrected chi connectivity index (χ3v) is 4.44. The standard InChI is InChI=1S/C15H27NO3/c1-3-12(6-7-13(17)18)8-11-16-14(19)15(2)9-4-5-10-15/h12H,3-11H2,1-2H3,(H,16,19)(H,17,18). The van der Waals surface area contributed by atoms with Crippen molar-refractivity contribution in [3.63, 3.8) is 0 Å². The molecule has 2 N–H and O–H groups in total. The molecule has 1 amide bonds. The van der Waals surface area contributed by atoms with E-state index in [9.17, 15) is 9.59 Å². The highest BCUT2D eigenvalue weighted by Gasteiger charge is 2.35. The summed E-state index contributed by atoms with van der Waals surface area (Å²) in [5, 5.41) is 11.7. The summed E-state index contributed by atoms with van der Waals surface area (Å²) in [6, 6.07) is 0. The Balaban J connectivity index is 2.24. The van der Waals surface area contributed by atoms with Crippen LogP contribution in [0.1, 0.15) is 65.2 Å². The minimum absolute atomic E-state index is 0.164. The van der Waals surface area contributed by atoms with Crippen molar-refractivity contribution >= 4 is 11.9 Å². The van der Waals surface area contributed by atoms with Crippen molar-refractivity contribution in [3.8, 4) is 0 Å². The van der Waals surface area contributed by atoms with Gasteiger partial charge in [0.2, 0.25) is 5.91 Å². The number of carbonyl (C=O) groups is 2. The van der Waals surface area contributed by atoms with E-state index in [4.69, 9.17) is 5.11 Å². The number of amides is 1. The molecular formula is C15H27NO3. The number of carboxylic acid groups (broad SMARTS) is 1. The Morgan fingerprint density at radius 1 is 1.26 bits per heavy atom. The lowest BCUT2D eigenvalue weighted by atomic mass is 9.87. The topological polar surface area (TPSA) is 66.4 Å². The van der Waals surface area contributed by atoms with Crippen molar-refractivity contribution in [2.24, 2.45) is 11.3 Å². The average Bonchev–Trinajstić information content (AvgIpc) is 2.81. The van der Waals surface area contributed by atoms with E-state index in [1.807, 2.05) is 0 Å². The average molecular weight is 269 g/mol. The van der Waals surface area contributed by atoms with E-state index < -0.39 is 5.97 Å². The van der Waals surface area contributed by atoms with Crippen LogP contribution in [0.15, 0.2) is 0 Å². The molecule has 0 radical (unpaired) electrons. The van der Waals surface area contributed by atoms with Crippen molar-refractivity contribution in [3.05, 3.63) is 0 Å². The number of rotatable bonds is 8.